The smallest absolute Gasteiger partial charge is 0.355 e. The maximum Gasteiger partial charge on any atom is 0.355 e. The number of fused-ring (bicyclic) bond motifs is 1. The van der Waals surface area contributed by atoms with E-state index in [1.807, 2.05) is 12.1 Å². The lowest BCUT2D eigenvalue weighted by molar-refractivity contribution is 0.0381. The molecule has 1 aliphatic rings. The molecule has 8 heteroatoms. The molecule has 0 saturated heterocycles. The van der Waals surface area contributed by atoms with E-state index < -0.39 is 5.97 Å². The van der Waals surface area contributed by atoms with Gasteiger partial charge in [0.25, 0.3) is 0 Å². The molecule has 0 aliphatic heterocycles. The van der Waals surface area contributed by atoms with Gasteiger partial charge in [0.15, 0.2) is 17.3 Å². The van der Waals surface area contributed by atoms with E-state index >= 15 is 0 Å². The van der Waals surface area contributed by atoms with Crippen molar-refractivity contribution in [3.05, 3.63) is 40.2 Å². The second kappa shape index (κ2) is 9.21. The van der Waals surface area contributed by atoms with Crippen LogP contribution < -0.4 is 14.2 Å². The van der Waals surface area contributed by atoms with E-state index in [0.717, 1.165) is 11.3 Å². The first-order chi connectivity index (χ1) is 14.4. The number of hydrogen-bond donors (Lipinski definition) is 1. The Balaban J connectivity index is 1.92. The molecule has 1 aromatic carbocycles. The zero-order valence-corrected chi connectivity index (χ0v) is 17.9. The van der Waals surface area contributed by atoms with Crippen LogP contribution in [0.15, 0.2) is 12.1 Å². The zero-order valence-electron chi connectivity index (χ0n) is 17.9. The molecule has 2 aromatic rings. The third kappa shape index (κ3) is 4.00. The molecule has 0 saturated carbocycles. The fourth-order valence-electron chi connectivity index (χ4n) is 3.90. The van der Waals surface area contributed by atoms with Crippen molar-refractivity contribution in [3.63, 3.8) is 0 Å². The summed E-state index contributed by atoms with van der Waals surface area (Å²) in [6, 6.07) is 3.72. The first-order valence-electron chi connectivity index (χ1n) is 9.65. The summed E-state index contributed by atoms with van der Waals surface area (Å²) >= 11 is 0. The number of rotatable bonds is 8. The van der Waals surface area contributed by atoms with Crippen molar-refractivity contribution in [1.29, 1.82) is 0 Å². The van der Waals surface area contributed by atoms with Crippen LogP contribution in [-0.2, 0) is 15.9 Å². The maximum absolute atomic E-state index is 12.9. The first kappa shape index (κ1) is 21.7. The molecule has 0 spiro atoms. The normalized spacial score (nSPS) is 15.5. The Labute approximate surface area is 175 Å². The summed E-state index contributed by atoms with van der Waals surface area (Å²) in [5.74, 6) is 0.985. The number of esters is 1. The second-order valence-electron chi connectivity index (χ2n) is 7.09. The van der Waals surface area contributed by atoms with Gasteiger partial charge in [-0.15, -0.1) is 0 Å². The third-order valence-electron chi connectivity index (χ3n) is 5.37. The molecule has 1 N–H and O–H groups in total. The van der Waals surface area contributed by atoms with Gasteiger partial charge in [-0.3, -0.25) is 4.79 Å². The number of carbonyl (C=O) groups is 2. The van der Waals surface area contributed by atoms with Crippen LogP contribution in [0.1, 0.15) is 50.0 Å². The van der Waals surface area contributed by atoms with Crippen molar-refractivity contribution < 1.29 is 33.3 Å². The van der Waals surface area contributed by atoms with Crippen molar-refractivity contribution in [2.24, 2.45) is 0 Å². The minimum Gasteiger partial charge on any atom is -0.493 e. The number of nitrogens with one attached hydrogen (secondary N) is 1. The van der Waals surface area contributed by atoms with Gasteiger partial charge in [0.2, 0.25) is 5.75 Å². The number of carbonyl (C=O) groups excluding carboxylic acids is 2. The van der Waals surface area contributed by atoms with Gasteiger partial charge < -0.3 is 28.7 Å². The molecule has 3 rings (SSSR count). The van der Waals surface area contributed by atoms with E-state index in [9.17, 15) is 9.59 Å². The van der Waals surface area contributed by atoms with Crippen LogP contribution in [0.25, 0.3) is 0 Å². The summed E-state index contributed by atoms with van der Waals surface area (Å²) in [5.41, 5.74) is 3.16. The monoisotopic (exact) mass is 417 g/mol. The summed E-state index contributed by atoms with van der Waals surface area (Å²) in [6.45, 7) is 2.23. The van der Waals surface area contributed by atoms with Gasteiger partial charge in [-0.1, -0.05) is 0 Å². The number of H-pyrrole nitrogens is 1. The van der Waals surface area contributed by atoms with Crippen molar-refractivity contribution in [3.8, 4) is 17.2 Å². The number of Topliss-reactive ketones (excluding diaryl/α,β-unsaturated/α-hetero) is 1. The fourth-order valence-corrected chi connectivity index (χ4v) is 3.90. The number of ether oxygens (including phenoxy) is 5. The van der Waals surface area contributed by atoms with E-state index in [0.29, 0.717) is 53.5 Å². The molecule has 0 radical (unpaired) electrons. The van der Waals surface area contributed by atoms with Gasteiger partial charge in [-0.2, -0.15) is 0 Å². The lowest BCUT2D eigenvalue weighted by atomic mass is 9.81. The SMILES string of the molecule is COCCOC(=O)c1[nH]c2c(c1C)C(=O)C[C@H](c1cc(OC)c(OC)c(OC)c1)C2. The molecule has 1 heterocycles. The van der Waals surface area contributed by atoms with Crippen LogP contribution in [-0.4, -0.2) is 58.4 Å². The highest BCUT2D eigenvalue weighted by Crippen LogP contribution is 2.43. The number of methoxy groups -OCH3 is 4. The summed E-state index contributed by atoms with van der Waals surface area (Å²) < 4.78 is 26.4. The van der Waals surface area contributed by atoms with Gasteiger partial charge in [-0.05, 0) is 42.5 Å². The molecule has 0 fully saturated rings. The van der Waals surface area contributed by atoms with Crippen molar-refractivity contribution in [1.82, 2.24) is 4.98 Å². The quantitative estimate of drug-likeness (QED) is 0.521. The van der Waals surface area contributed by atoms with E-state index in [2.05, 4.69) is 4.98 Å². The molecule has 1 atom stereocenters. The van der Waals surface area contributed by atoms with Gasteiger partial charge >= 0.3 is 5.97 Å². The lowest BCUT2D eigenvalue weighted by Crippen LogP contribution is -2.19. The van der Waals surface area contributed by atoms with Crippen molar-refractivity contribution >= 4 is 11.8 Å². The molecular weight excluding hydrogens is 390 g/mol. The highest BCUT2D eigenvalue weighted by Gasteiger charge is 2.33. The Morgan fingerprint density at radius 2 is 1.70 bits per heavy atom. The zero-order chi connectivity index (χ0) is 21.8. The number of ketones is 1. The van der Waals surface area contributed by atoms with E-state index in [4.69, 9.17) is 23.7 Å². The standard InChI is InChI=1S/C22H27NO7/c1-12-19-15(23-20(12)22(25)30-7-6-26-2)8-13(9-16(19)24)14-10-17(27-3)21(29-5)18(11-14)28-4/h10-11,13,23H,6-9H2,1-5H3/t13-/m1/s1. The van der Waals surface area contributed by atoms with Crippen LogP contribution in [0.2, 0.25) is 0 Å². The van der Waals surface area contributed by atoms with E-state index in [-0.39, 0.29) is 18.3 Å². The predicted molar refractivity (Wildman–Crippen MR) is 109 cm³/mol. The molecule has 8 nitrogen and oxygen atoms in total. The average molecular weight is 417 g/mol. The summed E-state index contributed by atoms with van der Waals surface area (Å²) in [4.78, 5) is 28.4. The predicted octanol–water partition coefficient (Wildman–Crippen LogP) is 3.06. The number of aromatic nitrogens is 1. The topological polar surface area (TPSA) is 96.1 Å². The van der Waals surface area contributed by atoms with E-state index in [1.165, 1.54) is 7.11 Å². The molecule has 0 bridgehead atoms. The lowest BCUT2D eigenvalue weighted by Gasteiger charge is -2.24. The minimum absolute atomic E-state index is 0.0142. The molecule has 0 amide bonds. The van der Waals surface area contributed by atoms with Crippen LogP contribution in [0.4, 0.5) is 0 Å². The Morgan fingerprint density at radius 1 is 1.03 bits per heavy atom. The third-order valence-corrected chi connectivity index (χ3v) is 5.37. The Morgan fingerprint density at radius 3 is 2.27 bits per heavy atom. The van der Waals surface area contributed by atoms with Crippen LogP contribution >= 0.6 is 0 Å². The first-order valence-corrected chi connectivity index (χ1v) is 9.65. The van der Waals surface area contributed by atoms with Gasteiger partial charge in [0, 0.05) is 24.8 Å². The molecule has 1 aliphatic carbocycles. The highest BCUT2D eigenvalue weighted by atomic mass is 16.6. The molecular formula is C22H27NO7. The number of benzene rings is 1. The Hall–Kier alpha value is -3.00. The fraction of sp³-hybridized carbons (Fsp3) is 0.455. The van der Waals surface area contributed by atoms with Gasteiger partial charge in [0.1, 0.15) is 12.3 Å². The van der Waals surface area contributed by atoms with Gasteiger partial charge in [0.05, 0.1) is 27.9 Å². The number of hydrogen-bond acceptors (Lipinski definition) is 7. The Bertz CT molecular complexity index is 922. The average Bonchev–Trinajstić information content (AvgIpc) is 3.09. The molecule has 0 unspecified atom stereocenters. The second-order valence-corrected chi connectivity index (χ2v) is 7.09. The summed E-state index contributed by atoms with van der Waals surface area (Å²) in [7, 11) is 6.20. The minimum atomic E-state index is -0.490. The summed E-state index contributed by atoms with van der Waals surface area (Å²) in [6.07, 6.45) is 0.897. The van der Waals surface area contributed by atoms with Crippen molar-refractivity contribution in [2.75, 3.05) is 41.7 Å². The maximum atomic E-state index is 12.9. The van der Waals surface area contributed by atoms with Crippen LogP contribution in [0.5, 0.6) is 17.2 Å². The van der Waals surface area contributed by atoms with E-state index in [1.54, 1.807) is 28.3 Å². The van der Waals surface area contributed by atoms with Crippen LogP contribution in [0.3, 0.4) is 0 Å². The molecule has 30 heavy (non-hydrogen) atoms. The largest absolute Gasteiger partial charge is 0.493 e. The summed E-state index contributed by atoms with van der Waals surface area (Å²) in [5, 5.41) is 0. The number of aromatic amines is 1. The highest BCUT2D eigenvalue weighted by molar-refractivity contribution is 6.03. The Kier molecular flexibility index (Phi) is 6.66. The van der Waals surface area contributed by atoms with Crippen LogP contribution in [0, 0.1) is 6.92 Å². The van der Waals surface area contributed by atoms with Crippen molar-refractivity contribution in [2.45, 2.75) is 25.7 Å². The van der Waals surface area contributed by atoms with Gasteiger partial charge in [-0.25, -0.2) is 4.79 Å². The molecule has 1 aromatic heterocycles. The molecule has 162 valence electrons.